The van der Waals surface area contributed by atoms with Crippen molar-refractivity contribution < 1.29 is 22.8 Å². The molecule has 6 nitrogen and oxygen atoms in total. The number of nitrogens with zero attached hydrogens (tertiary/aromatic N) is 3. The summed E-state index contributed by atoms with van der Waals surface area (Å²) in [6, 6.07) is 8.70. The first-order chi connectivity index (χ1) is 15.7. The molecule has 10 heteroatoms. The van der Waals surface area contributed by atoms with Gasteiger partial charge in [0.2, 0.25) is 0 Å². The largest absolute Gasteiger partial charge is 0.417 e. The van der Waals surface area contributed by atoms with E-state index >= 15 is 0 Å². The molecule has 0 aliphatic carbocycles. The second-order valence-electron chi connectivity index (χ2n) is 8.19. The predicted octanol–water partition coefficient (Wildman–Crippen LogP) is 4.41. The van der Waals surface area contributed by atoms with Crippen LogP contribution in [0.5, 0.6) is 0 Å². The molecule has 2 aromatic carbocycles. The first-order valence-electron chi connectivity index (χ1n) is 10.6. The van der Waals surface area contributed by atoms with E-state index in [1.807, 2.05) is 7.05 Å². The summed E-state index contributed by atoms with van der Waals surface area (Å²) >= 11 is 1.04. The van der Waals surface area contributed by atoms with Crippen LogP contribution in [0.3, 0.4) is 0 Å². The number of halogens is 3. The average molecular weight is 479 g/mol. The lowest BCUT2D eigenvalue weighted by atomic mass is 10.1. The number of hydrogen-bond donors (Lipinski definition) is 1. The van der Waals surface area contributed by atoms with E-state index in [1.165, 1.54) is 11.0 Å². The Balaban J connectivity index is 1.51. The third-order valence-electron chi connectivity index (χ3n) is 6.00. The van der Waals surface area contributed by atoms with Crippen LogP contribution < -0.4 is 10.2 Å². The third-order valence-corrected chi connectivity index (χ3v) is 6.78. The number of alkyl halides is 3. The van der Waals surface area contributed by atoms with E-state index in [0.717, 1.165) is 30.9 Å². The quantitative estimate of drug-likeness (QED) is 0.664. The molecule has 2 aliphatic rings. The molecule has 0 aromatic heterocycles. The van der Waals surface area contributed by atoms with Gasteiger partial charge in [-0.15, -0.1) is 11.8 Å². The van der Waals surface area contributed by atoms with Crippen LogP contribution in [-0.2, 0) is 12.6 Å². The summed E-state index contributed by atoms with van der Waals surface area (Å²) in [4.78, 5) is 31.2. The summed E-state index contributed by atoms with van der Waals surface area (Å²) < 4.78 is 40.5. The Kier molecular flexibility index (Phi) is 6.58. The molecule has 33 heavy (non-hydrogen) atoms. The molecule has 0 atom stereocenters. The topological polar surface area (TPSA) is 55.9 Å². The van der Waals surface area contributed by atoms with E-state index in [0.29, 0.717) is 36.3 Å². The molecule has 1 saturated heterocycles. The summed E-state index contributed by atoms with van der Waals surface area (Å²) in [6.07, 6.45) is -2.42. The third kappa shape index (κ3) is 4.96. The molecule has 2 aliphatic heterocycles. The molecule has 2 heterocycles. The SMILES string of the molecule is CSc1cc2c(cc1C(F)(F)F)N(C(=O)Nc1cccc(C(=O)N3CCN(C)CC3)c1)CC2. The highest BCUT2D eigenvalue weighted by Gasteiger charge is 2.36. The fraction of sp³-hybridized carbons (Fsp3) is 0.391. The Morgan fingerprint density at radius 2 is 1.76 bits per heavy atom. The number of carbonyl (C=O) groups excluding carboxylic acids is 2. The normalized spacial score (nSPS) is 16.6. The number of likely N-dealkylation sites (N-methyl/N-ethyl adjacent to an activating group) is 1. The number of urea groups is 1. The Labute approximate surface area is 194 Å². The zero-order chi connectivity index (χ0) is 23.8. The highest BCUT2D eigenvalue weighted by molar-refractivity contribution is 7.98. The number of thioether (sulfide) groups is 1. The molecule has 2 aromatic rings. The van der Waals surface area contributed by atoms with Gasteiger partial charge in [0.25, 0.3) is 5.91 Å². The van der Waals surface area contributed by atoms with Gasteiger partial charge in [-0.2, -0.15) is 13.2 Å². The molecule has 4 rings (SSSR count). The Morgan fingerprint density at radius 3 is 2.42 bits per heavy atom. The van der Waals surface area contributed by atoms with Gasteiger partial charge < -0.3 is 15.1 Å². The van der Waals surface area contributed by atoms with E-state index in [1.54, 1.807) is 35.4 Å². The lowest BCUT2D eigenvalue weighted by Gasteiger charge is -2.32. The fourth-order valence-electron chi connectivity index (χ4n) is 4.13. The van der Waals surface area contributed by atoms with Crippen molar-refractivity contribution in [3.8, 4) is 0 Å². The minimum Gasteiger partial charge on any atom is -0.336 e. The Hall–Kier alpha value is -2.72. The monoisotopic (exact) mass is 478 g/mol. The molecule has 0 unspecified atom stereocenters. The van der Waals surface area contributed by atoms with Crippen LogP contribution in [0.1, 0.15) is 21.5 Å². The summed E-state index contributed by atoms with van der Waals surface area (Å²) in [7, 11) is 2.01. The Bertz CT molecular complexity index is 1070. The molecular weight excluding hydrogens is 453 g/mol. The maximum Gasteiger partial charge on any atom is 0.417 e. The second-order valence-corrected chi connectivity index (χ2v) is 9.04. The highest BCUT2D eigenvalue weighted by atomic mass is 32.2. The van der Waals surface area contributed by atoms with Crippen molar-refractivity contribution in [2.24, 2.45) is 0 Å². The van der Waals surface area contributed by atoms with Crippen LogP contribution in [0.25, 0.3) is 0 Å². The molecule has 176 valence electrons. The van der Waals surface area contributed by atoms with Gasteiger partial charge in [-0.1, -0.05) is 6.07 Å². The van der Waals surface area contributed by atoms with Crippen molar-refractivity contribution in [1.29, 1.82) is 0 Å². The lowest BCUT2D eigenvalue weighted by Crippen LogP contribution is -2.47. The first-order valence-corrected chi connectivity index (χ1v) is 11.8. The summed E-state index contributed by atoms with van der Waals surface area (Å²) in [5.41, 5.74) is 1.12. The van der Waals surface area contributed by atoms with Gasteiger partial charge in [0, 0.05) is 54.6 Å². The van der Waals surface area contributed by atoms with Crippen LogP contribution in [0.2, 0.25) is 0 Å². The van der Waals surface area contributed by atoms with Gasteiger partial charge in [-0.3, -0.25) is 9.69 Å². The fourth-order valence-corrected chi connectivity index (χ4v) is 4.78. The van der Waals surface area contributed by atoms with Crippen LogP contribution in [0.15, 0.2) is 41.3 Å². The summed E-state index contributed by atoms with van der Waals surface area (Å²) in [5, 5.41) is 2.74. The van der Waals surface area contributed by atoms with Crippen LogP contribution in [0, 0.1) is 0 Å². The van der Waals surface area contributed by atoms with Gasteiger partial charge >= 0.3 is 12.2 Å². The lowest BCUT2D eigenvalue weighted by molar-refractivity contribution is -0.139. The number of benzene rings is 2. The summed E-state index contributed by atoms with van der Waals surface area (Å²) in [6.45, 7) is 3.16. The number of hydrogen-bond acceptors (Lipinski definition) is 4. The molecular formula is C23H25F3N4O2S. The Morgan fingerprint density at radius 1 is 1.03 bits per heavy atom. The minimum absolute atomic E-state index is 0.106. The molecule has 0 radical (unpaired) electrons. The number of piperazine rings is 1. The average Bonchev–Trinajstić information content (AvgIpc) is 3.21. The number of fused-ring (bicyclic) bond motifs is 1. The van der Waals surface area contributed by atoms with Crippen molar-refractivity contribution in [2.75, 3.05) is 56.2 Å². The van der Waals surface area contributed by atoms with Gasteiger partial charge in [-0.25, -0.2) is 4.79 Å². The molecule has 3 amide bonds. The minimum atomic E-state index is -4.50. The predicted molar refractivity (Wildman–Crippen MR) is 123 cm³/mol. The van der Waals surface area contributed by atoms with Crippen molar-refractivity contribution in [2.45, 2.75) is 17.5 Å². The smallest absolute Gasteiger partial charge is 0.336 e. The number of rotatable bonds is 3. The van der Waals surface area contributed by atoms with Crippen molar-refractivity contribution in [3.05, 3.63) is 53.1 Å². The maximum absolute atomic E-state index is 13.5. The van der Waals surface area contributed by atoms with E-state index in [9.17, 15) is 22.8 Å². The number of anilines is 2. The van der Waals surface area contributed by atoms with E-state index in [-0.39, 0.29) is 23.0 Å². The van der Waals surface area contributed by atoms with Crippen molar-refractivity contribution in [1.82, 2.24) is 9.80 Å². The van der Waals surface area contributed by atoms with Crippen molar-refractivity contribution >= 4 is 35.1 Å². The van der Waals surface area contributed by atoms with Crippen LogP contribution in [0.4, 0.5) is 29.3 Å². The summed E-state index contributed by atoms with van der Waals surface area (Å²) in [5.74, 6) is -0.106. The molecule has 0 saturated carbocycles. The van der Waals surface area contributed by atoms with E-state index in [4.69, 9.17) is 0 Å². The van der Waals surface area contributed by atoms with Gasteiger partial charge in [0.1, 0.15) is 0 Å². The van der Waals surface area contributed by atoms with Gasteiger partial charge in [-0.05, 0) is 55.6 Å². The number of amides is 3. The molecule has 1 fully saturated rings. The van der Waals surface area contributed by atoms with Gasteiger partial charge in [0.15, 0.2) is 0 Å². The maximum atomic E-state index is 13.5. The molecule has 0 bridgehead atoms. The first kappa shape index (κ1) is 23.4. The molecule has 1 N–H and O–H groups in total. The van der Waals surface area contributed by atoms with Gasteiger partial charge in [0.05, 0.1) is 5.56 Å². The van der Waals surface area contributed by atoms with Crippen molar-refractivity contribution in [3.63, 3.8) is 0 Å². The number of carbonyl (C=O) groups is 2. The standard InChI is InChI=1S/C23H25F3N4O2S/c1-28-8-10-29(11-9-28)21(31)16-4-3-5-17(12-16)27-22(32)30-7-6-15-13-20(33-2)18(14-19(15)30)23(24,25)26/h3-5,12-14H,6-11H2,1-2H3,(H,27,32). The highest BCUT2D eigenvalue weighted by Crippen LogP contribution is 2.42. The van der Waals surface area contributed by atoms with Crippen LogP contribution >= 0.6 is 11.8 Å². The zero-order valence-electron chi connectivity index (χ0n) is 18.4. The van der Waals surface area contributed by atoms with E-state index in [2.05, 4.69) is 10.2 Å². The second kappa shape index (κ2) is 9.26. The molecule has 0 spiro atoms. The number of nitrogens with one attached hydrogen (secondary N) is 1. The van der Waals surface area contributed by atoms with E-state index < -0.39 is 17.8 Å². The zero-order valence-corrected chi connectivity index (χ0v) is 19.2. The van der Waals surface area contributed by atoms with Crippen LogP contribution in [-0.4, -0.2) is 67.8 Å².